The van der Waals surface area contributed by atoms with Gasteiger partial charge in [-0.05, 0) is 30.4 Å². The van der Waals surface area contributed by atoms with Crippen molar-refractivity contribution in [1.82, 2.24) is 5.32 Å². The molecule has 1 heterocycles. The van der Waals surface area contributed by atoms with Crippen LogP contribution in [0.1, 0.15) is 18.4 Å². The summed E-state index contributed by atoms with van der Waals surface area (Å²) in [6.07, 6.45) is 1.61. The molecule has 0 radical (unpaired) electrons. The number of carbonyl (C=O) groups excluding carboxylic acids is 1. The Labute approximate surface area is 110 Å². The number of benzene rings is 1. The summed E-state index contributed by atoms with van der Waals surface area (Å²) in [6, 6.07) is 6.70. The molecule has 1 fully saturated rings. The minimum atomic E-state index is -0.966. The van der Waals surface area contributed by atoms with E-state index in [0.717, 1.165) is 18.4 Å². The van der Waals surface area contributed by atoms with Crippen molar-refractivity contribution in [3.8, 4) is 5.75 Å². The van der Waals surface area contributed by atoms with Crippen molar-refractivity contribution < 1.29 is 19.4 Å². The van der Waals surface area contributed by atoms with Crippen LogP contribution in [0.3, 0.4) is 0 Å². The van der Waals surface area contributed by atoms with Gasteiger partial charge in [0.15, 0.2) is 6.10 Å². The van der Waals surface area contributed by atoms with Crippen molar-refractivity contribution >= 4 is 11.9 Å². The zero-order valence-corrected chi connectivity index (χ0v) is 10.3. The third kappa shape index (κ3) is 2.41. The van der Waals surface area contributed by atoms with Gasteiger partial charge in [0.1, 0.15) is 11.8 Å². The second-order valence-electron chi connectivity index (χ2n) is 5.08. The number of carboxylic acids is 1. The van der Waals surface area contributed by atoms with Crippen LogP contribution in [0.15, 0.2) is 24.3 Å². The molecule has 1 aromatic carbocycles. The highest BCUT2D eigenvalue weighted by Gasteiger charge is 2.39. The summed E-state index contributed by atoms with van der Waals surface area (Å²) < 4.78 is 5.54. The van der Waals surface area contributed by atoms with Gasteiger partial charge in [-0.1, -0.05) is 18.2 Å². The second kappa shape index (κ2) is 4.57. The van der Waals surface area contributed by atoms with E-state index in [1.165, 1.54) is 0 Å². The molecule has 2 aliphatic rings. The van der Waals surface area contributed by atoms with Crippen LogP contribution in [0.5, 0.6) is 5.75 Å². The molecule has 2 unspecified atom stereocenters. The van der Waals surface area contributed by atoms with Gasteiger partial charge in [-0.2, -0.15) is 0 Å². The molecule has 1 saturated carbocycles. The number of aliphatic carboxylic acids is 1. The summed E-state index contributed by atoms with van der Waals surface area (Å²) in [6.45, 7) is 0. The minimum Gasteiger partial charge on any atom is -0.480 e. The average molecular weight is 261 g/mol. The Bertz CT molecular complexity index is 499. The molecule has 2 atom stereocenters. The van der Waals surface area contributed by atoms with Crippen molar-refractivity contribution in [2.45, 2.75) is 31.4 Å². The molecule has 1 aliphatic heterocycles. The fraction of sp³-hybridized carbons (Fsp3) is 0.429. The van der Waals surface area contributed by atoms with Gasteiger partial charge in [-0.3, -0.25) is 4.79 Å². The van der Waals surface area contributed by atoms with E-state index >= 15 is 0 Å². The Hall–Kier alpha value is -2.04. The Kier molecular flexibility index (Phi) is 2.89. The third-order valence-electron chi connectivity index (χ3n) is 3.60. The summed E-state index contributed by atoms with van der Waals surface area (Å²) in [4.78, 5) is 23.2. The fourth-order valence-corrected chi connectivity index (χ4v) is 2.39. The van der Waals surface area contributed by atoms with E-state index < -0.39 is 18.1 Å². The van der Waals surface area contributed by atoms with E-state index in [9.17, 15) is 9.59 Å². The predicted octanol–water partition coefficient (Wildman–Crippen LogP) is 0.969. The largest absolute Gasteiger partial charge is 0.480 e. The maximum Gasteiger partial charge on any atom is 0.326 e. The van der Waals surface area contributed by atoms with Crippen LogP contribution < -0.4 is 10.1 Å². The van der Waals surface area contributed by atoms with E-state index in [1.54, 1.807) is 0 Å². The molecule has 0 spiro atoms. The number of hydrogen-bond acceptors (Lipinski definition) is 3. The summed E-state index contributed by atoms with van der Waals surface area (Å²) >= 11 is 0. The van der Waals surface area contributed by atoms with Crippen LogP contribution in [0.25, 0.3) is 0 Å². The highest BCUT2D eigenvalue weighted by molar-refractivity contribution is 5.87. The van der Waals surface area contributed by atoms with E-state index in [0.29, 0.717) is 12.2 Å². The van der Waals surface area contributed by atoms with Crippen LogP contribution >= 0.6 is 0 Å². The standard InChI is InChI=1S/C14H15NO4/c16-13(15-12(14(17)18)8-5-6-8)11-7-9-3-1-2-4-10(9)19-11/h1-4,8,11-12H,5-7H2,(H,15,16)(H,17,18). The van der Waals surface area contributed by atoms with Crippen molar-refractivity contribution in [2.75, 3.05) is 0 Å². The van der Waals surface area contributed by atoms with Crippen molar-refractivity contribution in [1.29, 1.82) is 0 Å². The van der Waals surface area contributed by atoms with Gasteiger partial charge in [-0.15, -0.1) is 0 Å². The Morgan fingerprint density at radius 3 is 2.68 bits per heavy atom. The van der Waals surface area contributed by atoms with Crippen LogP contribution in [-0.4, -0.2) is 29.1 Å². The average Bonchev–Trinajstić information content (AvgIpc) is 3.12. The normalized spacial score (nSPS) is 22.2. The molecule has 0 aromatic heterocycles. The van der Waals surface area contributed by atoms with Crippen molar-refractivity contribution in [3.63, 3.8) is 0 Å². The van der Waals surface area contributed by atoms with E-state index in [-0.39, 0.29) is 11.8 Å². The van der Waals surface area contributed by atoms with Crippen LogP contribution in [-0.2, 0) is 16.0 Å². The number of hydrogen-bond donors (Lipinski definition) is 2. The number of carbonyl (C=O) groups is 2. The van der Waals surface area contributed by atoms with Crippen LogP contribution in [0.4, 0.5) is 0 Å². The molecular formula is C14H15NO4. The highest BCUT2D eigenvalue weighted by atomic mass is 16.5. The summed E-state index contributed by atoms with van der Waals surface area (Å²) in [5.41, 5.74) is 0.987. The molecular weight excluding hydrogens is 246 g/mol. The van der Waals surface area contributed by atoms with Gasteiger partial charge in [0.05, 0.1) is 0 Å². The summed E-state index contributed by atoms with van der Waals surface area (Å²) in [5.74, 6) is -0.520. The number of para-hydroxylation sites is 1. The van der Waals surface area contributed by atoms with Crippen LogP contribution in [0, 0.1) is 5.92 Å². The molecule has 1 aromatic rings. The lowest BCUT2D eigenvalue weighted by atomic mass is 10.1. The maximum atomic E-state index is 12.1. The number of amides is 1. The van der Waals surface area contributed by atoms with Gasteiger partial charge < -0.3 is 15.2 Å². The lowest BCUT2D eigenvalue weighted by molar-refractivity contribution is -0.143. The quantitative estimate of drug-likeness (QED) is 0.846. The highest BCUT2D eigenvalue weighted by Crippen LogP contribution is 2.33. The lowest BCUT2D eigenvalue weighted by Crippen LogP contribution is -2.47. The van der Waals surface area contributed by atoms with Crippen molar-refractivity contribution in [2.24, 2.45) is 5.92 Å². The number of ether oxygens (including phenoxy) is 1. The van der Waals surface area contributed by atoms with Crippen LogP contribution in [0.2, 0.25) is 0 Å². The molecule has 1 amide bonds. The third-order valence-corrected chi connectivity index (χ3v) is 3.60. The Morgan fingerprint density at radius 2 is 2.05 bits per heavy atom. The van der Waals surface area contributed by atoms with Gasteiger partial charge in [0.2, 0.25) is 0 Å². The Morgan fingerprint density at radius 1 is 1.32 bits per heavy atom. The molecule has 100 valence electrons. The van der Waals surface area contributed by atoms with E-state index in [4.69, 9.17) is 9.84 Å². The van der Waals surface area contributed by atoms with E-state index in [2.05, 4.69) is 5.32 Å². The first kappa shape index (κ1) is 12.0. The smallest absolute Gasteiger partial charge is 0.326 e. The zero-order valence-electron chi connectivity index (χ0n) is 10.3. The monoisotopic (exact) mass is 261 g/mol. The summed E-state index contributed by atoms with van der Waals surface area (Å²) in [7, 11) is 0. The predicted molar refractivity (Wildman–Crippen MR) is 66.9 cm³/mol. The molecule has 0 bridgehead atoms. The molecule has 1 aliphatic carbocycles. The molecule has 5 nitrogen and oxygen atoms in total. The summed E-state index contributed by atoms with van der Waals surface area (Å²) in [5, 5.41) is 11.7. The molecule has 3 rings (SSSR count). The second-order valence-corrected chi connectivity index (χ2v) is 5.08. The Balaban J connectivity index is 1.64. The first-order chi connectivity index (χ1) is 9.15. The maximum absolute atomic E-state index is 12.1. The van der Waals surface area contributed by atoms with Gasteiger partial charge in [0, 0.05) is 6.42 Å². The SMILES string of the molecule is O=C(NC(C(=O)O)C1CC1)C1Cc2ccccc2O1. The topological polar surface area (TPSA) is 75.6 Å². The zero-order chi connectivity index (χ0) is 13.4. The number of rotatable bonds is 4. The molecule has 5 heteroatoms. The molecule has 0 saturated heterocycles. The first-order valence-electron chi connectivity index (χ1n) is 6.43. The van der Waals surface area contributed by atoms with E-state index in [1.807, 2.05) is 24.3 Å². The number of nitrogens with one attached hydrogen (secondary N) is 1. The van der Waals surface area contributed by atoms with Crippen molar-refractivity contribution in [3.05, 3.63) is 29.8 Å². The lowest BCUT2D eigenvalue weighted by Gasteiger charge is -2.16. The number of carboxylic acid groups (broad SMARTS) is 1. The van der Waals surface area contributed by atoms with Gasteiger partial charge in [0.25, 0.3) is 5.91 Å². The van der Waals surface area contributed by atoms with Gasteiger partial charge >= 0.3 is 5.97 Å². The molecule has 19 heavy (non-hydrogen) atoms. The van der Waals surface area contributed by atoms with Gasteiger partial charge in [-0.25, -0.2) is 4.79 Å². The minimum absolute atomic E-state index is 0.0743. The number of fused-ring (bicyclic) bond motifs is 1. The first-order valence-corrected chi connectivity index (χ1v) is 6.43. The fourth-order valence-electron chi connectivity index (χ4n) is 2.39. The molecule has 2 N–H and O–H groups in total.